The second-order valence-corrected chi connectivity index (χ2v) is 7.23. The summed E-state index contributed by atoms with van der Waals surface area (Å²) >= 11 is 0. The van der Waals surface area contributed by atoms with Crippen molar-refractivity contribution >= 4 is 16.9 Å². The van der Waals surface area contributed by atoms with Gasteiger partial charge in [-0.25, -0.2) is 4.98 Å². The predicted molar refractivity (Wildman–Crippen MR) is 109 cm³/mol. The molecule has 0 saturated carbocycles. The third kappa shape index (κ3) is 3.65. The number of rotatable bonds is 6. The molecule has 0 aliphatic rings. The van der Waals surface area contributed by atoms with E-state index >= 15 is 0 Å². The van der Waals surface area contributed by atoms with Gasteiger partial charge >= 0.3 is 0 Å². The molecule has 3 heterocycles. The maximum Gasteiger partial charge on any atom is 0.273 e. The number of nitrogens with one attached hydrogen (secondary N) is 1. The number of carbonyl (C=O) groups is 1. The van der Waals surface area contributed by atoms with Crippen LogP contribution in [0.2, 0.25) is 0 Å². The van der Waals surface area contributed by atoms with E-state index in [9.17, 15) is 4.79 Å². The molecule has 1 amide bonds. The molecule has 29 heavy (non-hydrogen) atoms. The Kier molecular flexibility index (Phi) is 4.92. The number of hydrogen-bond acceptors (Lipinski definition) is 5. The standard InChI is InChI=1S/C21H24N6O2/c1-13-11-14(2)27(24-13)12-16-15(3)29-25-20(16)21(28)22-10-9-19-23-17-7-5-6-8-18(17)26(19)4/h5-8,11H,9-10,12H2,1-4H3,(H,22,28). The van der Waals surface area contributed by atoms with Gasteiger partial charge in [0.15, 0.2) is 5.69 Å². The second kappa shape index (κ2) is 7.54. The molecule has 4 rings (SSSR count). The summed E-state index contributed by atoms with van der Waals surface area (Å²) in [6, 6.07) is 9.99. The van der Waals surface area contributed by atoms with Crippen molar-refractivity contribution in [3.05, 3.63) is 64.6 Å². The van der Waals surface area contributed by atoms with Crippen molar-refractivity contribution in [2.45, 2.75) is 33.7 Å². The van der Waals surface area contributed by atoms with E-state index in [1.165, 1.54) is 0 Å². The van der Waals surface area contributed by atoms with Gasteiger partial charge in [0, 0.05) is 31.3 Å². The zero-order chi connectivity index (χ0) is 20.5. The number of para-hydroxylation sites is 2. The lowest BCUT2D eigenvalue weighted by Gasteiger charge is -2.07. The van der Waals surface area contributed by atoms with Crippen LogP contribution in [0.15, 0.2) is 34.9 Å². The van der Waals surface area contributed by atoms with E-state index in [0.717, 1.165) is 33.8 Å². The molecule has 3 aromatic heterocycles. The molecule has 0 fully saturated rings. The lowest BCUT2D eigenvalue weighted by Crippen LogP contribution is -2.28. The Bertz CT molecular complexity index is 1180. The fourth-order valence-electron chi connectivity index (χ4n) is 3.53. The number of carbonyl (C=O) groups excluding carboxylic acids is 1. The Morgan fingerprint density at radius 2 is 2.00 bits per heavy atom. The first-order valence-corrected chi connectivity index (χ1v) is 9.58. The van der Waals surface area contributed by atoms with Crippen LogP contribution in [0, 0.1) is 20.8 Å². The number of nitrogens with zero attached hydrogens (tertiary/aromatic N) is 5. The summed E-state index contributed by atoms with van der Waals surface area (Å²) in [5.74, 6) is 1.29. The lowest BCUT2D eigenvalue weighted by atomic mass is 10.2. The third-order valence-corrected chi connectivity index (χ3v) is 5.12. The van der Waals surface area contributed by atoms with E-state index in [2.05, 4.69) is 25.1 Å². The molecular formula is C21H24N6O2. The number of amides is 1. The van der Waals surface area contributed by atoms with E-state index in [-0.39, 0.29) is 5.91 Å². The molecule has 4 aromatic rings. The normalized spacial score (nSPS) is 11.3. The Balaban J connectivity index is 1.45. The van der Waals surface area contributed by atoms with Crippen molar-refractivity contribution in [2.75, 3.05) is 6.54 Å². The van der Waals surface area contributed by atoms with Gasteiger partial charge in [-0.05, 0) is 39.0 Å². The van der Waals surface area contributed by atoms with Crippen molar-refractivity contribution in [3.8, 4) is 0 Å². The minimum absolute atomic E-state index is 0.253. The van der Waals surface area contributed by atoms with Crippen LogP contribution < -0.4 is 5.32 Å². The molecule has 150 valence electrons. The van der Waals surface area contributed by atoms with Crippen LogP contribution in [0.25, 0.3) is 11.0 Å². The van der Waals surface area contributed by atoms with E-state index in [1.807, 2.05) is 62.8 Å². The number of aromatic nitrogens is 5. The molecule has 8 heteroatoms. The number of imidazole rings is 1. The molecule has 0 unspecified atom stereocenters. The van der Waals surface area contributed by atoms with Gasteiger partial charge in [-0.3, -0.25) is 9.48 Å². The summed E-state index contributed by atoms with van der Waals surface area (Å²) in [5, 5.41) is 11.4. The largest absolute Gasteiger partial charge is 0.361 e. The highest BCUT2D eigenvalue weighted by atomic mass is 16.5. The average molecular weight is 392 g/mol. The van der Waals surface area contributed by atoms with Crippen molar-refractivity contribution < 1.29 is 9.32 Å². The van der Waals surface area contributed by atoms with Gasteiger partial charge in [0.05, 0.1) is 23.3 Å². The second-order valence-electron chi connectivity index (χ2n) is 7.23. The SMILES string of the molecule is Cc1cc(C)n(Cc2c(C(=O)NCCc3nc4ccccc4n3C)noc2C)n1. The average Bonchev–Trinajstić information content (AvgIpc) is 3.32. The molecular weight excluding hydrogens is 368 g/mol. The first-order chi connectivity index (χ1) is 13.9. The van der Waals surface area contributed by atoms with Crippen LogP contribution in [-0.2, 0) is 20.0 Å². The van der Waals surface area contributed by atoms with Crippen molar-refractivity contribution in [2.24, 2.45) is 7.05 Å². The predicted octanol–water partition coefficient (Wildman–Crippen LogP) is 2.70. The molecule has 0 radical (unpaired) electrons. The summed E-state index contributed by atoms with van der Waals surface area (Å²) in [6.07, 6.45) is 0.626. The van der Waals surface area contributed by atoms with Crippen LogP contribution in [-0.4, -0.2) is 36.9 Å². The van der Waals surface area contributed by atoms with E-state index < -0.39 is 0 Å². The third-order valence-electron chi connectivity index (χ3n) is 5.12. The zero-order valence-electron chi connectivity index (χ0n) is 17.1. The minimum Gasteiger partial charge on any atom is -0.361 e. The van der Waals surface area contributed by atoms with Gasteiger partial charge in [0.25, 0.3) is 5.91 Å². The minimum atomic E-state index is -0.253. The van der Waals surface area contributed by atoms with E-state index in [1.54, 1.807) is 0 Å². The molecule has 0 aliphatic carbocycles. The van der Waals surface area contributed by atoms with E-state index in [4.69, 9.17) is 4.52 Å². The summed E-state index contributed by atoms with van der Waals surface area (Å²) in [5.41, 5.74) is 5.04. The van der Waals surface area contributed by atoms with Gasteiger partial charge in [-0.15, -0.1) is 0 Å². The molecule has 0 aliphatic heterocycles. The Hall–Kier alpha value is -3.42. The summed E-state index contributed by atoms with van der Waals surface area (Å²) in [6.45, 7) is 6.64. The van der Waals surface area contributed by atoms with Crippen LogP contribution in [0.4, 0.5) is 0 Å². The fourth-order valence-corrected chi connectivity index (χ4v) is 3.53. The topological polar surface area (TPSA) is 90.8 Å². The Morgan fingerprint density at radius 1 is 1.21 bits per heavy atom. The Labute approximate surface area is 168 Å². The highest BCUT2D eigenvalue weighted by Gasteiger charge is 2.21. The van der Waals surface area contributed by atoms with Crippen molar-refractivity contribution in [1.82, 2.24) is 29.8 Å². The molecule has 8 nitrogen and oxygen atoms in total. The van der Waals surface area contributed by atoms with Gasteiger partial charge < -0.3 is 14.4 Å². The number of benzene rings is 1. The first-order valence-electron chi connectivity index (χ1n) is 9.58. The summed E-state index contributed by atoms with van der Waals surface area (Å²) in [7, 11) is 1.99. The van der Waals surface area contributed by atoms with Gasteiger partial charge in [-0.1, -0.05) is 17.3 Å². The number of hydrogen-bond donors (Lipinski definition) is 1. The van der Waals surface area contributed by atoms with Gasteiger partial charge in [0.2, 0.25) is 0 Å². The molecule has 0 atom stereocenters. The molecule has 0 bridgehead atoms. The summed E-state index contributed by atoms with van der Waals surface area (Å²) in [4.78, 5) is 17.4. The van der Waals surface area contributed by atoms with Crippen LogP contribution >= 0.6 is 0 Å². The summed E-state index contributed by atoms with van der Waals surface area (Å²) < 4.78 is 9.19. The van der Waals surface area contributed by atoms with Crippen LogP contribution in [0.3, 0.4) is 0 Å². The maximum atomic E-state index is 12.7. The van der Waals surface area contributed by atoms with Gasteiger partial charge in [0.1, 0.15) is 11.6 Å². The molecule has 1 aromatic carbocycles. The van der Waals surface area contributed by atoms with Gasteiger partial charge in [-0.2, -0.15) is 5.10 Å². The zero-order valence-corrected chi connectivity index (χ0v) is 17.1. The number of fused-ring (bicyclic) bond motifs is 1. The first kappa shape index (κ1) is 18.9. The van der Waals surface area contributed by atoms with Crippen molar-refractivity contribution in [1.29, 1.82) is 0 Å². The smallest absolute Gasteiger partial charge is 0.273 e. The molecule has 0 spiro atoms. The van der Waals surface area contributed by atoms with Crippen LogP contribution in [0.1, 0.15) is 39.0 Å². The van der Waals surface area contributed by atoms with Crippen molar-refractivity contribution in [3.63, 3.8) is 0 Å². The fraction of sp³-hybridized carbons (Fsp3) is 0.333. The molecule has 0 saturated heterocycles. The Morgan fingerprint density at radius 3 is 2.72 bits per heavy atom. The monoisotopic (exact) mass is 392 g/mol. The molecule has 1 N–H and O–H groups in total. The van der Waals surface area contributed by atoms with Crippen LogP contribution in [0.5, 0.6) is 0 Å². The quantitative estimate of drug-likeness (QED) is 0.545. The van der Waals surface area contributed by atoms with E-state index in [0.29, 0.717) is 31.0 Å². The highest BCUT2D eigenvalue weighted by Crippen LogP contribution is 2.17. The maximum absolute atomic E-state index is 12.7. The number of aryl methyl sites for hydroxylation is 4. The highest BCUT2D eigenvalue weighted by molar-refractivity contribution is 5.93. The lowest BCUT2D eigenvalue weighted by molar-refractivity contribution is 0.0944.